The molecule has 0 spiro atoms. The van der Waals surface area contributed by atoms with Gasteiger partial charge in [-0.3, -0.25) is 14.9 Å². The number of hydrogen-bond acceptors (Lipinski definition) is 5. The molecule has 1 heterocycles. The first-order valence-electron chi connectivity index (χ1n) is 7.95. The van der Waals surface area contributed by atoms with Crippen LogP contribution in [-0.4, -0.2) is 21.7 Å². The van der Waals surface area contributed by atoms with E-state index in [4.69, 9.17) is 10.5 Å². The standard InChI is InChI=1S/C18H15N5O2/c19-9-14-15(10-20)22-18(21-14)23-17(25)7-6-16(24)13-5-4-11-2-1-3-12(11)8-13/h4-5,8H,1-3,6-7H2,(H2,21,22,23,25). The van der Waals surface area contributed by atoms with Crippen LogP contribution < -0.4 is 5.32 Å². The summed E-state index contributed by atoms with van der Waals surface area (Å²) in [5.74, 6) is -0.458. The average molecular weight is 333 g/mol. The zero-order valence-corrected chi connectivity index (χ0v) is 13.4. The van der Waals surface area contributed by atoms with Gasteiger partial charge in [-0.1, -0.05) is 12.1 Å². The number of benzene rings is 1. The van der Waals surface area contributed by atoms with Gasteiger partial charge in [0.1, 0.15) is 12.1 Å². The molecule has 2 N–H and O–H groups in total. The van der Waals surface area contributed by atoms with Gasteiger partial charge in [-0.15, -0.1) is 0 Å². The topological polar surface area (TPSA) is 122 Å². The quantitative estimate of drug-likeness (QED) is 0.812. The Bertz CT molecular complexity index is 898. The number of nitrogens with zero attached hydrogens (tertiary/aromatic N) is 3. The highest BCUT2D eigenvalue weighted by atomic mass is 16.2. The summed E-state index contributed by atoms with van der Waals surface area (Å²) < 4.78 is 0. The molecule has 0 atom stereocenters. The average Bonchev–Trinajstić information content (AvgIpc) is 3.24. The molecule has 25 heavy (non-hydrogen) atoms. The molecular weight excluding hydrogens is 318 g/mol. The number of Topliss-reactive ketones (excluding diaryl/α,β-unsaturated/α-hetero) is 1. The number of anilines is 1. The molecule has 7 nitrogen and oxygen atoms in total. The summed E-state index contributed by atoms with van der Waals surface area (Å²) in [6.45, 7) is 0. The first-order valence-corrected chi connectivity index (χ1v) is 7.95. The number of carbonyl (C=O) groups excluding carboxylic acids is 2. The molecule has 0 saturated carbocycles. The minimum absolute atomic E-state index is 0.000389. The molecule has 0 fully saturated rings. The molecule has 3 rings (SSSR count). The maximum absolute atomic E-state index is 12.3. The van der Waals surface area contributed by atoms with Crippen molar-refractivity contribution >= 4 is 17.6 Å². The fourth-order valence-electron chi connectivity index (χ4n) is 2.91. The van der Waals surface area contributed by atoms with Crippen molar-refractivity contribution < 1.29 is 9.59 Å². The zero-order valence-electron chi connectivity index (χ0n) is 13.4. The van der Waals surface area contributed by atoms with E-state index in [2.05, 4.69) is 15.3 Å². The van der Waals surface area contributed by atoms with Gasteiger partial charge < -0.3 is 4.98 Å². The first kappa shape index (κ1) is 16.4. The summed E-state index contributed by atoms with van der Waals surface area (Å²) in [6, 6.07) is 9.28. The zero-order chi connectivity index (χ0) is 17.8. The normalized spacial score (nSPS) is 12.1. The minimum Gasteiger partial charge on any atom is -0.314 e. The van der Waals surface area contributed by atoms with Gasteiger partial charge in [-0.05, 0) is 36.5 Å². The van der Waals surface area contributed by atoms with Crippen molar-refractivity contribution in [3.8, 4) is 12.1 Å². The molecule has 7 heteroatoms. The molecule has 1 aromatic carbocycles. The Balaban J connectivity index is 1.57. The summed E-state index contributed by atoms with van der Waals surface area (Å²) in [5.41, 5.74) is 3.07. The Hall–Kier alpha value is -3.45. The maximum atomic E-state index is 12.3. The number of aryl methyl sites for hydroxylation is 2. The highest BCUT2D eigenvalue weighted by Gasteiger charge is 2.16. The lowest BCUT2D eigenvalue weighted by Crippen LogP contribution is -2.14. The highest BCUT2D eigenvalue weighted by molar-refractivity contribution is 5.99. The molecule has 124 valence electrons. The van der Waals surface area contributed by atoms with Crippen LogP contribution >= 0.6 is 0 Å². The van der Waals surface area contributed by atoms with E-state index in [0.717, 1.165) is 19.3 Å². The van der Waals surface area contributed by atoms with E-state index < -0.39 is 5.91 Å². The second kappa shape index (κ2) is 6.98. The number of H-pyrrole nitrogens is 1. The number of nitrogens with one attached hydrogen (secondary N) is 2. The van der Waals surface area contributed by atoms with Gasteiger partial charge in [0, 0.05) is 18.4 Å². The molecule has 0 saturated heterocycles. The van der Waals surface area contributed by atoms with Crippen LogP contribution in [0.3, 0.4) is 0 Å². The lowest BCUT2D eigenvalue weighted by Gasteiger charge is -2.05. The predicted molar refractivity (Wildman–Crippen MR) is 88.7 cm³/mol. The van der Waals surface area contributed by atoms with Crippen molar-refractivity contribution in [1.82, 2.24) is 9.97 Å². The van der Waals surface area contributed by atoms with Gasteiger partial charge in [0.15, 0.2) is 17.2 Å². The first-order chi connectivity index (χ1) is 12.1. The Morgan fingerprint density at radius 3 is 2.68 bits per heavy atom. The smallest absolute Gasteiger partial charge is 0.227 e. The number of fused-ring (bicyclic) bond motifs is 1. The Kier molecular flexibility index (Phi) is 4.58. The van der Waals surface area contributed by atoms with Gasteiger partial charge in [-0.25, -0.2) is 4.98 Å². The third-order valence-electron chi connectivity index (χ3n) is 4.18. The molecule has 2 aromatic rings. The summed E-state index contributed by atoms with van der Waals surface area (Å²) in [5, 5.41) is 20.1. The number of ketones is 1. The van der Waals surface area contributed by atoms with Crippen LogP contribution in [0.5, 0.6) is 0 Å². The van der Waals surface area contributed by atoms with Crippen molar-refractivity contribution in [2.45, 2.75) is 32.1 Å². The van der Waals surface area contributed by atoms with Crippen molar-refractivity contribution in [1.29, 1.82) is 10.5 Å². The lowest BCUT2D eigenvalue weighted by atomic mass is 10.0. The molecule has 0 aliphatic heterocycles. The lowest BCUT2D eigenvalue weighted by molar-refractivity contribution is -0.116. The summed E-state index contributed by atoms with van der Waals surface area (Å²) in [6.07, 6.45) is 3.26. The van der Waals surface area contributed by atoms with Crippen LogP contribution in [0.4, 0.5) is 5.95 Å². The minimum atomic E-state index is -0.405. The number of rotatable bonds is 5. The SMILES string of the molecule is N#Cc1nc(NC(=O)CCC(=O)c2ccc3c(c2)CCC3)[nH]c1C#N. The summed E-state index contributed by atoms with van der Waals surface area (Å²) in [7, 11) is 0. The predicted octanol–water partition coefficient (Wildman–Crippen LogP) is 2.24. The maximum Gasteiger partial charge on any atom is 0.227 e. The van der Waals surface area contributed by atoms with Gasteiger partial charge in [0.2, 0.25) is 11.9 Å². The molecular formula is C18H15N5O2. The van der Waals surface area contributed by atoms with Crippen molar-refractivity contribution in [3.63, 3.8) is 0 Å². The third kappa shape index (κ3) is 3.56. The van der Waals surface area contributed by atoms with Gasteiger partial charge in [0.25, 0.3) is 0 Å². The van der Waals surface area contributed by atoms with E-state index in [0.29, 0.717) is 5.56 Å². The van der Waals surface area contributed by atoms with Crippen LogP contribution in [0.1, 0.15) is 52.1 Å². The van der Waals surface area contributed by atoms with E-state index in [1.54, 1.807) is 12.1 Å². The molecule has 1 aromatic heterocycles. The van der Waals surface area contributed by atoms with Crippen molar-refractivity contribution in [2.24, 2.45) is 0 Å². The van der Waals surface area contributed by atoms with Crippen LogP contribution in [0.2, 0.25) is 0 Å². The number of imidazole rings is 1. The van der Waals surface area contributed by atoms with E-state index in [1.165, 1.54) is 11.1 Å². The number of aromatic amines is 1. The fourth-order valence-corrected chi connectivity index (χ4v) is 2.91. The molecule has 1 amide bonds. The van der Waals surface area contributed by atoms with Crippen LogP contribution in [-0.2, 0) is 17.6 Å². The third-order valence-corrected chi connectivity index (χ3v) is 4.18. The van der Waals surface area contributed by atoms with E-state index >= 15 is 0 Å². The largest absolute Gasteiger partial charge is 0.314 e. The highest BCUT2D eigenvalue weighted by Crippen LogP contribution is 2.23. The van der Waals surface area contributed by atoms with Gasteiger partial charge >= 0.3 is 0 Å². The Labute approximate surface area is 144 Å². The number of aromatic nitrogens is 2. The van der Waals surface area contributed by atoms with Crippen LogP contribution in [0.15, 0.2) is 18.2 Å². The summed E-state index contributed by atoms with van der Waals surface area (Å²) >= 11 is 0. The Morgan fingerprint density at radius 2 is 1.96 bits per heavy atom. The van der Waals surface area contributed by atoms with Gasteiger partial charge in [0.05, 0.1) is 0 Å². The van der Waals surface area contributed by atoms with E-state index in [9.17, 15) is 9.59 Å². The Morgan fingerprint density at radius 1 is 1.16 bits per heavy atom. The number of carbonyl (C=O) groups is 2. The van der Waals surface area contributed by atoms with Gasteiger partial charge in [-0.2, -0.15) is 10.5 Å². The monoisotopic (exact) mass is 333 g/mol. The molecule has 0 unspecified atom stereocenters. The molecule has 0 radical (unpaired) electrons. The molecule has 1 aliphatic carbocycles. The number of hydrogen-bond donors (Lipinski definition) is 2. The molecule has 0 bridgehead atoms. The second-order valence-electron chi connectivity index (χ2n) is 5.84. The fraction of sp³-hybridized carbons (Fsp3) is 0.278. The van der Waals surface area contributed by atoms with Crippen LogP contribution in [0, 0.1) is 22.7 Å². The van der Waals surface area contributed by atoms with Crippen molar-refractivity contribution in [3.05, 3.63) is 46.3 Å². The number of nitriles is 2. The number of amides is 1. The van der Waals surface area contributed by atoms with E-state index in [1.807, 2.05) is 18.2 Å². The molecule has 1 aliphatic rings. The van der Waals surface area contributed by atoms with E-state index in [-0.39, 0.29) is 36.0 Å². The second-order valence-corrected chi connectivity index (χ2v) is 5.84. The van der Waals surface area contributed by atoms with Crippen LogP contribution in [0.25, 0.3) is 0 Å². The summed E-state index contributed by atoms with van der Waals surface area (Å²) in [4.78, 5) is 30.6. The van der Waals surface area contributed by atoms with Crippen molar-refractivity contribution in [2.75, 3.05) is 5.32 Å².